The Morgan fingerprint density at radius 2 is 2.04 bits per heavy atom. The molecule has 0 saturated carbocycles. The molecule has 1 N–H and O–H groups in total. The summed E-state index contributed by atoms with van der Waals surface area (Å²) in [4.78, 5) is 17.3. The van der Waals surface area contributed by atoms with Gasteiger partial charge in [-0.3, -0.25) is 4.79 Å². The van der Waals surface area contributed by atoms with Gasteiger partial charge in [-0.25, -0.2) is 9.67 Å². The quantitative estimate of drug-likeness (QED) is 0.578. The molecule has 0 fully saturated rings. The molecule has 1 heterocycles. The van der Waals surface area contributed by atoms with Crippen molar-refractivity contribution >= 4 is 33.6 Å². The highest BCUT2D eigenvalue weighted by Gasteiger charge is 2.08. The zero-order valence-electron chi connectivity index (χ0n) is 14.4. The van der Waals surface area contributed by atoms with Crippen LogP contribution in [0.15, 0.2) is 64.5 Å². The molecule has 3 aromatic rings. The first-order chi connectivity index (χ1) is 12.6. The maximum atomic E-state index is 12.2. The third-order valence-corrected chi connectivity index (χ3v) is 5.56. The smallest absolute Gasteiger partial charge is 0.230 e. The average molecular weight is 431 g/mol. The third kappa shape index (κ3) is 5.19. The predicted octanol–water partition coefficient (Wildman–Crippen LogP) is 3.81. The number of rotatable bonds is 7. The summed E-state index contributed by atoms with van der Waals surface area (Å²) in [6, 6.07) is 14.1. The number of aromatic nitrogens is 3. The zero-order valence-corrected chi connectivity index (χ0v) is 16.8. The predicted molar refractivity (Wildman–Crippen MR) is 107 cm³/mol. The molecule has 0 aliphatic heterocycles. The Kier molecular flexibility index (Phi) is 6.46. The number of hydrogen-bond acceptors (Lipinski definition) is 4. The maximum absolute atomic E-state index is 12.2. The van der Waals surface area contributed by atoms with Crippen molar-refractivity contribution in [3.8, 4) is 0 Å². The van der Waals surface area contributed by atoms with Gasteiger partial charge in [0, 0.05) is 15.9 Å². The molecule has 1 aromatic heterocycles. The van der Waals surface area contributed by atoms with E-state index in [1.165, 1.54) is 6.33 Å². The lowest BCUT2D eigenvalue weighted by atomic mass is 10.1. The molecule has 0 saturated heterocycles. The molecule has 0 aliphatic rings. The highest BCUT2D eigenvalue weighted by molar-refractivity contribution is 9.10. The summed E-state index contributed by atoms with van der Waals surface area (Å²) in [5, 5.41) is 7.14. The summed E-state index contributed by atoms with van der Waals surface area (Å²) in [7, 11) is 0. The standard InChI is InChI=1S/C19H19BrN4OS/c1-14-8-17(20)6-7-18(14)26-11-19(25)22-9-15-4-2-3-5-16(15)10-24-13-21-12-23-24/h2-8,12-13H,9-11H2,1H3,(H,22,25). The fourth-order valence-electron chi connectivity index (χ4n) is 2.54. The van der Waals surface area contributed by atoms with Gasteiger partial charge in [0.2, 0.25) is 5.91 Å². The second-order valence-electron chi connectivity index (χ2n) is 5.84. The van der Waals surface area contributed by atoms with Gasteiger partial charge in [-0.2, -0.15) is 5.10 Å². The van der Waals surface area contributed by atoms with E-state index in [0.29, 0.717) is 18.8 Å². The summed E-state index contributed by atoms with van der Waals surface area (Å²) in [6.45, 7) is 3.19. The van der Waals surface area contributed by atoms with Gasteiger partial charge in [-0.05, 0) is 41.8 Å². The molecule has 26 heavy (non-hydrogen) atoms. The molecular formula is C19H19BrN4OS. The summed E-state index contributed by atoms with van der Waals surface area (Å²) in [5.41, 5.74) is 3.37. The molecular weight excluding hydrogens is 412 g/mol. The second kappa shape index (κ2) is 9.00. The number of hydrogen-bond donors (Lipinski definition) is 1. The van der Waals surface area contributed by atoms with Crippen molar-refractivity contribution in [1.29, 1.82) is 0 Å². The fraction of sp³-hybridized carbons (Fsp3) is 0.211. The van der Waals surface area contributed by atoms with Gasteiger partial charge < -0.3 is 5.32 Å². The second-order valence-corrected chi connectivity index (χ2v) is 7.77. The number of amides is 1. The van der Waals surface area contributed by atoms with Crippen molar-refractivity contribution in [3.63, 3.8) is 0 Å². The molecule has 7 heteroatoms. The molecule has 0 aliphatic carbocycles. The Morgan fingerprint density at radius 1 is 1.23 bits per heavy atom. The maximum Gasteiger partial charge on any atom is 0.230 e. The first-order valence-electron chi connectivity index (χ1n) is 8.16. The number of thioether (sulfide) groups is 1. The fourth-order valence-corrected chi connectivity index (χ4v) is 3.85. The first kappa shape index (κ1) is 18.7. The molecule has 0 unspecified atom stereocenters. The molecule has 0 spiro atoms. The van der Waals surface area contributed by atoms with E-state index in [1.54, 1.807) is 22.8 Å². The van der Waals surface area contributed by atoms with Gasteiger partial charge in [0.05, 0.1) is 12.3 Å². The minimum atomic E-state index is 0.0212. The van der Waals surface area contributed by atoms with E-state index in [9.17, 15) is 4.79 Å². The van der Waals surface area contributed by atoms with E-state index < -0.39 is 0 Å². The lowest BCUT2D eigenvalue weighted by molar-refractivity contribution is -0.118. The molecule has 1 amide bonds. The third-order valence-electron chi connectivity index (χ3n) is 3.89. The van der Waals surface area contributed by atoms with Crippen LogP contribution in [0.2, 0.25) is 0 Å². The highest BCUT2D eigenvalue weighted by Crippen LogP contribution is 2.25. The average Bonchev–Trinajstić information content (AvgIpc) is 3.13. The molecule has 0 bridgehead atoms. The SMILES string of the molecule is Cc1cc(Br)ccc1SCC(=O)NCc1ccccc1Cn1cncn1. The topological polar surface area (TPSA) is 59.8 Å². The Morgan fingerprint density at radius 3 is 2.77 bits per heavy atom. The van der Waals surface area contributed by atoms with E-state index >= 15 is 0 Å². The lowest BCUT2D eigenvalue weighted by Gasteiger charge is -2.11. The Hall–Kier alpha value is -2.12. The van der Waals surface area contributed by atoms with Crippen LogP contribution in [0.25, 0.3) is 0 Å². The van der Waals surface area contributed by atoms with Crippen LogP contribution in [0.4, 0.5) is 0 Å². The molecule has 134 valence electrons. The van der Waals surface area contributed by atoms with Crippen molar-refractivity contribution in [2.75, 3.05) is 5.75 Å². The Labute approximate surface area is 165 Å². The number of benzene rings is 2. The number of carbonyl (C=O) groups is 1. The van der Waals surface area contributed by atoms with Crippen molar-refractivity contribution < 1.29 is 4.79 Å². The summed E-state index contributed by atoms with van der Waals surface area (Å²) in [5.74, 6) is 0.418. The van der Waals surface area contributed by atoms with E-state index in [-0.39, 0.29) is 5.91 Å². The van der Waals surface area contributed by atoms with Crippen LogP contribution >= 0.6 is 27.7 Å². The lowest BCUT2D eigenvalue weighted by Crippen LogP contribution is -2.25. The number of nitrogens with one attached hydrogen (secondary N) is 1. The van der Waals surface area contributed by atoms with Crippen molar-refractivity contribution in [2.45, 2.75) is 24.9 Å². The summed E-state index contributed by atoms with van der Waals surface area (Å²) >= 11 is 5.01. The first-order valence-corrected chi connectivity index (χ1v) is 9.94. The van der Waals surface area contributed by atoms with E-state index in [2.05, 4.69) is 37.4 Å². The number of halogens is 1. The normalized spacial score (nSPS) is 10.7. The number of aryl methyl sites for hydroxylation is 1. The van der Waals surface area contributed by atoms with Crippen LogP contribution in [-0.2, 0) is 17.9 Å². The van der Waals surface area contributed by atoms with Crippen LogP contribution in [-0.4, -0.2) is 26.4 Å². The molecule has 5 nitrogen and oxygen atoms in total. The van der Waals surface area contributed by atoms with Gasteiger partial charge in [0.25, 0.3) is 0 Å². The minimum Gasteiger partial charge on any atom is -0.351 e. The van der Waals surface area contributed by atoms with E-state index in [4.69, 9.17) is 0 Å². The van der Waals surface area contributed by atoms with Crippen LogP contribution in [0, 0.1) is 6.92 Å². The van der Waals surface area contributed by atoms with Gasteiger partial charge in [-0.1, -0.05) is 40.2 Å². The van der Waals surface area contributed by atoms with Crippen LogP contribution < -0.4 is 5.32 Å². The van der Waals surface area contributed by atoms with Crippen molar-refractivity contribution in [3.05, 3.63) is 76.3 Å². The van der Waals surface area contributed by atoms with E-state index in [1.807, 2.05) is 43.3 Å². The highest BCUT2D eigenvalue weighted by atomic mass is 79.9. The van der Waals surface area contributed by atoms with E-state index in [0.717, 1.165) is 26.1 Å². The Bertz CT molecular complexity index is 883. The largest absolute Gasteiger partial charge is 0.351 e. The molecule has 2 aromatic carbocycles. The summed E-state index contributed by atoms with van der Waals surface area (Å²) < 4.78 is 2.82. The van der Waals surface area contributed by atoms with Crippen LogP contribution in [0.5, 0.6) is 0 Å². The zero-order chi connectivity index (χ0) is 18.4. The van der Waals surface area contributed by atoms with Crippen molar-refractivity contribution in [1.82, 2.24) is 20.1 Å². The van der Waals surface area contributed by atoms with Gasteiger partial charge in [-0.15, -0.1) is 11.8 Å². The number of nitrogens with zero attached hydrogens (tertiary/aromatic N) is 3. The van der Waals surface area contributed by atoms with Crippen LogP contribution in [0.3, 0.4) is 0 Å². The Balaban J connectivity index is 1.54. The van der Waals surface area contributed by atoms with Gasteiger partial charge in [0.1, 0.15) is 12.7 Å². The monoisotopic (exact) mass is 430 g/mol. The van der Waals surface area contributed by atoms with Crippen LogP contribution in [0.1, 0.15) is 16.7 Å². The summed E-state index contributed by atoms with van der Waals surface area (Å²) in [6.07, 6.45) is 3.21. The molecule has 0 radical (unpaired) electrons. The van der Waals surface area contributed by atoms with Gasteiger partial charge in [0.15, 0.2) is 0 Å². The molecule has 3 rings (SSSR count). The number of carbonyl (C=O) groups excluding carboxylic acids is 1. The van der Waals surface area contributed by atoms with Gasteiger partial charge >= 0.3 is 0 Å². The van der Waals surface area contributed by atoms with Crippen molar-refractivity contribution in [2.24, 2.45) is 0 Å². The minimum absolute atomic E-state index is 0.0212. The molecule has 0 atom stereocenters.